The number of phosphoric ester groups is 1. The maximum absolute atomic E-state index is 13.3. The van der Waals surface area contributed by atoms with Crippen molar-refractivity contribution < 1.29 is 18.1 Å². The number of phosphoric acid groups is 1. The number of alkyl halides is 7. The van der Waals surface area contributed by atoms with Gasteiger partial charge in [-0.1, -0.05) is 119 Å². The van der Waals surface area contributed by atoms with Crippen LogP contribution in [0, 0.1) is 5.41 Å². The zero-order valence-electron chi connectivity index (χ0n) is 13.6. The summed E-state index contributed by atoms with van der Waals surface area (Å²) in [4.78, 5) is 0. The van der Waals surface area contributed by atoms with E-state index in [1.54, 1.807) is 44.2 Å². The highest BCUT2D eigenvalue weighted by Crippen LogP contribution is 2.60. The Hall–Kier alpha value is 1.96. The molecule has 2 atom stereocenters. The number of halogens is 7. The Balaban J connectivity index is 3.10. The van der Waals surface area contributed by atoms with Crippen molar-refractivity contribution in [3.8, 4) is 5.75 Å². The molecule has 1 aromatic rings. The molecule has 0 aromatic heterocycles. The van der Waals surface area contributed by atoms with Gasteiger partial charge in [-0.25, -0.2) is 9.09 Å². The molecule has 0 aliphatic heterocycles. The molecule has 2 unspecified atom stereocenters. The minimum Gasteiger partial charge on any atom is -0.404 e. The molecule has 0 N–H and O–H groups in total. The largest absolute Gasteiger partial charge is 0.533 e. The first-order valence-corrected chi connectivity index (χ1v) is 13.1. The fraction of sp³-hybridized carbons (Fsp3) is 0.571. The molecule has 0 heterocycles. The SMILES string of the molecule is CC(C)(CCl)C(Cl)(Cl)OP(=O)(Oc1ccccc1)OC(Br)CC(Br)(Br)Br. The van der Waals surface area contributed by atoms with Crippen LogP contribution in [0.1, 0.15) is 20.3 Å². The first kappa shape index (κ1) is 26.0. The predicted octanol–water partition coefficient (Wildman–Crippen LogP) is 8.55. The van der Waals surface area contributed by atoms with Crippen molar-refractivity contribution in [3.63, 3.8) is 0 Å². The van der Waals surface area contributed by atoms with E-state index >= 15 is 0 Å². The van der Waals surface area contributed by atoms with E-state index in [4.69, 9.17) is 48.4 Å². The third kappa shape index (κ3) is 8.76. The monoisotopic (exact) mass is 700 g/mol. The average Bonchev–Trinajstić information content (AvgIpc) is 2.44. The van der Waals surface area contributed by atoms with Crippen molar-refractivity contribution in [2.45, 2.75) is 31.9 Å². The lowest BCUT2D eigenvalue weighted by atomic mass is 9.97. The zero-order valence-corrected chi connectivity index (χ0v) is 23.1. The van der Waals surface area contributed by atoms with Crippen molar-refractivity contribution in [1.82, 2.24) is 0 Å². The van der Waals surface area contributed by atoms with Crippen LogP contribution in [0.4, 0.5) is 0 Å². The Kier molecular flexibility index (Phi) is 10.3. The van der Waals surface area contributed by atoms with Gasteiger partial charge in [0.2, 0.25) is 4.52 Å². The van der Waals surface area contributed by atoms with Crippen molar-refractivity contribution >= 4 is 106 Å². The van der Waals surface area contributed by atoms with Gasteiger partial charge in [-0.15, -0.1) is 11.6 Å². The normalized spacial score (nSPS) is 16.8. The van der Waals surface area contributed by atoms with Gasteiger partial charge in [-0.05, 0) is 12.1 Å². The van der Waals surface area contributed by atoms with Gasteiger partial charge in [0.15, 0.2) is 0 Å². The van der Waals surface area contributed by atoms with Gasteiger partial charge < -0.3 is 4.52 Å². The Morgan fingerprint density at radius 3 is 2.15 bits per heavy atom. The first-order chi connectivity index (χ1) is 11.7. The molecule has 0 radical (unpaired) electrons. The highest BCUT2D eigenvalue weighted by molar-refractivity contribution is 9.39. The lowest BCUT2D eigenvalue weighted by Crippen LogP contribution is -2.38. The number of hydrogen-bond donors (Lipinski definition) is 0. The highest BCUT2D eigenvalue weighted by atomic mass is 80.0. The quantitative estimate of drug-likeness (QED) is 0.191. The maximum Gasteiger partial charge on any atom is 0.533 e. The minimum atomic E-state index is -4.25. The predicted molar refractivity (Wildman–Crippen MR) is 123 cm³/mol. The van der Waals surface area contributed by atoms with Crippen LogP contribution in [0.25, 0.3) is 0 Å². The lowest BCUT2D eigenvalue weighted by Gasteiger charge is -2.36. The molecule has 150 valence electrons. The van der Waals surface area contributed by atoms with Gasteiger partial charge in [-0.3, -0.25) is 4.52 Å². The van der Waals surface area contributed by atoms with Crippen LogP contribution in [-0.4, -0.2) is 17.6 Å². The summed E-state index contributed by atoms with van der Waals surface area (Å²) >= 11 is 31.8. The summed E-state index contributed by atoms with van der Waals surface area (Å²) in [6.45, 7) is 3.33. The van der Waals surface area contributed by atoms with Crippen LogP contribution in [0.2, 0.25) is 0 Å². The number of rotatable bonds is 9. The molecule has 12 heteroatoms. The molecule has 1 rings (SSSR count). The molecule has 0 fully saturated rings. The van der Waals surface area contributed by atoms with Crippen LogP contribution < -0.4 is 4.52 Å². The van der Waals surface area contributed by atoms with E-state index in [1.807, 2.05) is 0 Å². The molecule has 0 bridgehead atoms. The second-order valence-electron chi connectivity index (χ2n) is 5.81. The van der Waals surface area contributed by atoms with Gasteiger partial charge >= 0.3 is 7.82 Å². The maximum atomic E-state index is 13.3. The second-order valence-corrected chi connectivity index (χ2v) is 17.1. The van der Waals surface area contributed by atoms with Crippen LogP contribution in [0.5, 0.6) is 5.75 Å². The Morgan fingerprint density at radius 2 is 1.69 bits per heavy atom. The molecule has 0 aliphatic carbocycles. The van der Waals surface area contributed by atoms with Crippen LogP contribution >= 0.6 is 106 Å². The standard InChI is InChI=1S/C14H16Br4Cl3O4P/c1-12(2,9-19)14(20,21)25-26(22,23-10-6-4-3-5-7-10)24-11(15)8-13(16,17)18/h3-7,11H,8-9H2,1-2H3. The molecule has 0 saturated heterocycles. The summed E-state index contributed by atoms with van der Waals surface area (Å²) in [5, 5.41) is -0.738. The molecule has 4 nitrogen and oxygen atoms in total. The van der Waals surface area contributed by atoms with Gasteiger partial charge in [0.1, 0.15) is 12.9 Å². The van der Waals surface area contributed by atoms with Crippen LogP contribution in [0.15, 0.2) is 30.3 Å². The van der Waals surface area contributed by atoms with Gasteiger partial charge in [0.25, 0.3) is 0 Å². The fourth-order valence-corrected chi connectivity index (χ4v) is 7.01. The van der Waals surface area contributed by atoms with Crippen molar-refractivity contribution in [2.24, 2.45) is 5.41 Å². The summed E-state index contributed by atoms with van der Waals surface area (Å²) in [5.74, 6) is 0.322. The molecule has 0 amide bonds. The Bertz CT molecular complexity index is 628. The first-order valence-electron chi connectivity index (χ1n) is 7.08. The molecule has 0 spiro atoms. The zero-order chi connectivity index (χ0) is 20.2. The number of benzene rings is 1. The van der Waals surface area contributed by atoms with E-state index in [9.17, 15) is 4.57 Å². The van der Waals surface area contributed by atoms with E-state index in [-0.39, 0.29) is 11.6 Å². The topological polar surface area (TPSA) is 44.8 Å². The third-order valence-corrected chi connectivity index (χ3v) is 8.22. The van der Waals surface area contributed by atoms with Crippen molar-refractivity contribution in [3.05, 3.63) is 30.3 Å². The van der Waals surface area contributed by atoms with Gasteiger partial charge in [-0.2, -0.15) is 0 Å². The molecule has 0 aliphatic rings. The van der Waals surface area contributed by atoms with E-state index in [1.165, 1.54) is 0 Å². The Labute approximate surface area is 202 Å². The van der Waals surface area contributed by atoms with E-state index < -0.39 is 24.9 Å². The number of para-hydroxylation sites is 1. The molecule has 26 heavy (non-hydrogen) atoms. The summed E-state index contributed by atoms with van der Waals surface area (Å²) in [7, 11) is -4.25. The van der Waals surface area contributed by atoms with Gasteiger partial charge in [0, 0.05) is 17.7 Å². The fourth-order valence-electron chi connectivity index (χ4n) is 1.37. The minimum absolute atomic E-state index is 0.0520. The smallest absolute Gasteiger partial charge is 0.404 e. The molecular weight excluding hydrogens is 689 g/mol. The molecular formula is C14H16Br4Cl3O4P. The summed E-state index contributed by atoms with van der Waals surface area (Å²) in [5.41, 5.74) is -0.942. The van der Waals surface area contributed by atoms with Crippen molar-refractivity contribution in [1.29, 1.82) is 0 Å². The van der Waals surface area contributed by atoms with Crippen LogP contribution in [-0.2, 0) is 13.6 Å². The molecule has 0 saturated carbocycles. The highest BCUT2D eigenvalue weighted by Gasteiger charge is 2.51. The van der Waals surface area contributed by atoms with E-state index in [2.05, 4.69) is 63.7 Å². The summed E-state index contributed by atoms with van der Waals surface area (Å²) < 4.78 is 27.2. The van der Waals surface area contributed by atoms with E-state index in [0.29, 0.717) is 6.42 Å². The summed E-state index contributed by atoms with van der Waals surface area (Å²) in [6, 6.07) is 8.41. The summed E-state index contributed by atoms with van der Waals surface area (Å²) in [6.07, 6.45) is 0.301. The Morgan fingerprint density at radius 1 is 1.15 bits per heavy atom. The third-order valence-electron chi connectivity index (χ3n) is 2.94. The lowest BCUT2D eigenvalue weighted by molar-refractivity contribution is 0.0639. The molecule has 1 aromatic carbocycles. The second kappa shape index (κ2) is 10.3. The van der Waals surface area contributed by atoms with Crippen molar-refractivity contribution in [2.75, 3.05) is 5.88 Å². The van der Waals surface area contributed by atoms with Gasteiger partial charge in [0.05, 0.1) is 0 Å². The van der Waals surface area contributed by atoms with Crippen LogP contribution in [0.3, 0.4) is 0 Å². The average molecular weight is 705 g/mol. The van der Waals surface area contributed by atoms with E-state index in [0.717, 1.165) is 0 Å². The number of hydrogen-bond acceptors (Lipinski definition) is 4.